The summed E-state index contributed by atoms with van der Waals surface area (Å²) in [4.78, 5) is 25.9. The molecule has 3 saturated carbocycles. The molecule has 5 heteroatoms. The molecule has 0 aromatic heterocycles. The monoisotopic (exact) mass is 452 g/mol. The fourth-order valence-corrected chi connectivity index (χ4v) is 8.35. The highest BCUT2D eigenvalue weighted by molar-refractivity contribution is 6.06. The molecule has 0 amide bonds. The summed E-state index contributed by atoms with van der Waals surface area (Å²) in [5.41, 5.74) is 0.927. The summed E-state index contributed by atoms with van der Waals surface area (Å²) in [6, 6.07) is 0. The van der Waals surface area contributed by atoms with Crippen molar-refractivity contribution in [3.63, 3.8) is 0 Å². The van der Waals surface area contributed by atoms with E-state index in [1.54, 1.807) is 19.9 Å². The molecule has 0 aromatic carbocycles. The molecule has 5 rings (SSSR count). The van der Waals surface area contributed by atoms with Crippen LogP contribution < -0.4 is 0 Å². The molecule has 0 aromatic rings. The van der Waals surface area contributed by atoms with Gasteiger partial charge in [-0.3, -0.25) is 9.59 Å². The van der Waals surface area contributed by atoms with E-state index < -0.39 is 17.1 Å². The number of hydrogen-bond donors (Lipinski definition) is 3. The summed E-state index contributed by atoms with van der Waals surface area (Å²) >= 11 is 0. The first-order valence-electron chi connectivity index (χ1n) is 12.2. The maximum absolute atomic E-state index is 13.3. The molecule has 0 aliphatic heterocycles. The van der Waals surface area contributed by atoms with E-state index in [2.05, 4.69) is 26.8 Å². The number of aliphatic hydroxyl groups is 3. The lowest BCUT2D eigenvalue weighted by Gasteiger charge is -2.69. The van der Waals surface area contributed by atoms with Gasteiger partial charge in [0, 0.05) is 16.4 Å². The van der Waals surface area contributed by atoms with Crippen LogP contribution >= 0.6 is 0 Å². The van der Waals surface area contributed by atoms with E-state index in [1.165, 1.54) is 5.57 Å². The Hall–Kier alpha value is -1.98. The molecule has 5 aliphatic rings. The van der Waals surface area contributed by atoms with Crippen molar-refractivity contribution in [1.82, 2.24) is 0 Å². The zero-order valence-electron chi connectivity index (χ0n) is 20.6. The minimum absolute atomic E-state index is 0.0573. The molecule has 178 valence electrons. The van der Waals surface area contributed by atoms with Gasteiger partial charge in [0.25, 0.3) is 0 Å². The second kappa shape index (κ2) is 6.37. The Morgan fingerprint density at radius 2 is 1.64 bits per heavy atom. The molecule has 3 fully saturated rings. The predicted molar refractivity (Wildman–Crippen MR) is 125 cm³/mol. The molecule has 0 spiro atoms. The maximum atomic E-state index is 13.3. The largest absolute Gasteiger partial charge is 0.504 e. The van der Waals surface area contributed by atoms with Gasteiger partial charge in [-0.2, -0.15) is 0 Å². The number of aliphatic hydroxyl groups excluding tert-OH is 2. The molecule has 5 aliphatic carbocycles. The standard InChI is InChI=1S/C28H36O5/c1-15-16-7-8-19-24(2,17(16)13-18(29)21(15)30)9-11-27(5)20-14-28(6,33)23(32)22(31)25(20,3)10-12-26(19,27)4/h7-8,13,20,23,30,32-33H,9-12,14H2,1-6H3/t20-,23-,24+,25-,26-,27+,28+/m1/s1. The van der Waals surface area contributed by atoms with Gasteiger partial charge < -0.3 is 15.3 Å². The number of rotatable bonds is 0. The third kappa shape index (κ3) is 2.50. The van der Waals surface area contributed by atoms with Crippen LogP contribution in [0.2, 0.25) is 0 Å². The lowest BCUT2D eigenvalue weighted by Crippen LogP contribution is -2.68. The minimum atomic E-state index is -1.44. The van der Waals surface area contributed by atoms with Gasteiger partial charge >= 0.3 is 0 Å². The molecule has 5 nitrogen and oxygen atoms in total. The Labute approximate surface area is 196 Å². The van der Waals surface area contributed by atoms with Gasteiger partial charge in [-0.05, 0) is 79.9 Å². The van der Waals surface area contributed by atoms with Crippen LogP contribution in [0.4, 0.5) is 0 Å². The van der Waals surface area contributed by atoms with Crippen LogP contribution in [0.15, 0.2) is 46.3 Å². The highest BCUT2D eigenvalue weighted by atomic mass is 16.3. The van der Waals surface area contributed by atoms with Crippen molar-refractivity contribution in [1.29, 1.82) is 0 Å². The predicted octanol–water partition coefficient (Wildman–Crippen LogP) is 4.51. The van der Waals surface area contributed by atoms with Gasteiger partial charge in [-0.1, -0.05) is 45.4 Å². The highest BCUT2D eigenvalue weighted by Crippen LogP contribution is 2.74. The number of fused-ring (bicyclic) bond motifs is 7. The van der Waals surface area contributed by atoms with Gasteiger partial charge in [-0.15, -0.1) is 0 Å². The summed E-state index contributed by atoms with van der Waals surface area (Å²) in [7, 11) is 0. The van der Waals surface area contributed by atoms with Crippen molar-refractivity contribution >= 4 is 11.6 Å². The number of allylic oxidation sites excluding steroid dienone is 7. The van der Waals surface area contributed by atoms with Gasteiger partial charge in [0.05, 0.1) is 5.60 Å². The van der Waals surface area contributed by atoms with Crippen LogP contribution in [0.3, 0.4) is 0 Å². The van der Waals surface area contributed by atoms with Crippen LogP contribution in [0.5, 0.6) is 0 Å². The summed E-state index contributed by atoms with van der Waals surface area (Å²) in [6.45, 7) is 12.2. The van der Waals surface area contributed by atoms with E-state index in [0.717, 1.165) is 30.4 Å². The van der Waals surface area contributed by atoms with Crippen LogP contribution in [-0.2, 0) is 9.59 Å². The Morgan fingerprint density at radius 3 is 2.30 bits per heavy atom. The maximum Gasteiger partial charge on any atom is 0.220 e. The summed E-state index contributed by atoms with van der Waals surface area (Å²) < 4.78 is 0. The Kier molecular flexibility index (Phi) is 4.40. The quantitative estimate of drug-likeness (QED) is 0.503. The second-order valence-corrected chi connectivity index (χ2v) is 12.4. The first-order valence-corrected chi connectivity index (χ1v) is 12.2. The first kappa shape index (κ1) is 22.8. The first-order chi connectivity index (χ1) is 15.1. The smallest absolute Gasteiger partial charge is 0.220 e. The fourth-order valence-electron chi connectivity index (χ4n) is 8.35. The van der Waals surface area contributed by atoms with Crippen molar-refractivity contribution in [2.24, 2.45) is 27.6 Å². The van der Waals surface area contributed by atoms with Gasteiger partial charge in [0.1, 0.15) is 6.10 Å². The lowest BCUT2D eigenvalue weighted by molar-refractivity contribution is -0.208. The van der Waals surface area contributed by atoms with Gasteiger partial charge in [-0.25, -0.2) is 0 Å². The average Bonchev–Trinajstić information content (AvgIpc) is 2.75. The molecule has 33 heavy (non-hydrogen) atoms. The summed E-state index contributed by atoms with van der Waals surface area (Å²) in [5, 5.41) is 31.9. The second-order valence-electron chi connectivity index (χ2n) is 12.4. The van der Waals surface area contributed by atoms with Crippen LogP contribution in [-0.4, -0.2) is 38.6 Å². The van der Waals surface area contributed by atoms with Crippen LogP contribution in [0.25, 0.3) is 0 Å². The summed E-state index contributed by atoms with van der Waals surface area (Å²) in [6.07, 6.45) is 8.04. The molecular formula is C28H36O5. The Morgan fingerprint density at radius 1 is 0.970 bits per heavy atom. The van der Waals surface area contributed by atoms with Gasteiger partial charge in [0.2, 0.25) is 5.78 Å². The highest BCUT2D eigenvalue weighted by Gasteiger charge is 2.70. The average molecular weight is 453 g/mol. The van der Waals surface area contributed by atoms with E-state index in [9.17, 15) is 24.9 Å². The minimum Gasteiger partial charge on any atom is -0.504 e. The number of carbonyl (C=O) groups is 2. The van der Waals surface area contributed by atoms with Crippen molar-refractivity contribution < 1.29 is 24.9 Å². The molecule has 0 unspecified atom stereocenters. The molecular weight excluding hydrogens is 416 g/mol. The SMILES string of the molecule is CC1=C(O)C(=O)C=C2C1=CC=C1[C@@]2(C)CC[C@@]2(C)[C@@H]3C[C@](C)(O)[C@H](O)C(=O)[C@]3(C)CC[C@]12C. The number of Topliss-reactive ketones (excluding diaryl/α,β-unsaturated/α-hetero) is 1. The van der Waals surface area contributed by atoms with E-state index in [1.807, 2.05) is 13.0 Å². The van der Waals surface area contributed by atoms with Gasteiger partial charge in [0.15, 0.2) is 11.5 Å². The Balaban J connectivity index is 1.67. The molecule has 3 N–H and O–H groups in total. The fraction of sp³-hybridized carbons (Fsp3) is 0.643. The molecule has 7 atom stereocenters. The Bertz CT molecular complexity index is 1120. The molecule has 0 saturated heterocycles. The molecule has 0 bridgehead atoms. The molecule has 0 heterocycles. The van der Waals surface area contributed by atoms with Crippen LogP contribution in [0, 0.1) is 27.6 Å². The molecule has 0 radical (unpaired) electrons. The van der Waals surface area contributed by atoms with E-state index in [0.29, 0.717) is 18.4 Å². The zero-order valence-corrected chi connectivity index (χ0v) is 20.6. The normalized spacial score (nSPS) is 49.3. The third-order valence-electron chi connectivity index (χ3n) is 10.9. The topological polar surface area (TPSA) is 94.8 Å². The number of ketones is 2. The van der Waals surface area contributed by atoms with Crippen molar-refractivity contribution in [2.45, 2.75) is 85.4 Å². The van der Waals surface area contributed by atoms with Crippen molar-refractivity contribution in [2.75, 3.05) is 0 Å². The van der Waals surface area contributed by atoms with Crippen molar-refractivity contribution in [3.8, 4) is 0 Å². The van der Waals surface area contributed by atoms with E-state index in [4.69, 9.17) is 0 Å². The lowest BCUT2D eigenvalue weighted by atomic mass is 9.34. The van der Waals surface area contributed by atoms with Crippen molar-refractivity contribution in [3.05, 3.63) is 46.3 Å². The van der Waals surface area contributed by atoms with Crippen LogP contribution in [0.1, 0.15) is 73.6 Å². The third-order valence-corrected chi connectivity index (χ3v) is 10.9. The number of hydrogen-bond acceptors (Lipinski definition) is 5. The van der Waals surface area contributed by atoms with E-state index in [-0.39, 0.29) is 39.5 Å². The number of carbonyl (C=O) groups excluding carboxylic acids is 2. The van der Waals surface area contributed by atoms with E-state index >= 15 is 0 Å². The summed E-state index contributed by atoms with van der Waals surface area (Å²) in [5.74, 6) is -0.790. The zero-order chi connectivity index (χ0) is 24.4.